The Morgan fingerprint density at radius 3 is 1.60 bits per heavy atom. The second-order valence-corrected chi connectivity index (χ2v) is 28.2. The molecule has 2 N–H and O–H groups in total. The van der Waals surface area contributed by atoms with Gasteiger partial charge in [0, 0.05) is 34.0 Å². The Labute approximate surface area is 467 Å². The number of esters is 1. The Kier molecular flexibility index (Phi) is 29.5. The SMILES string of the molecule is CCC(C)c1ccc(S(=O)(=O)Cl)cc1.CCOC(=O)/C=C/c1ccc(O)c(OC)c1.CCOC(O)/C=C/c1ccc(OS(=O)(=O)c2ccc(C(CC)CC(C)c3ccc(S(=O)(=O)Cl)cc3)cc2)c(OC)c1.S=[P+]([S-])Cl. The van der Waals surface area contributed by atoms with E-state index in [-0.39, 0.29) is 43.8 Å². The van der Waals surface area contributed by atoms with Crippen molar-refractivity contribution in [3.8, 4) is 23.0 Å². The van der Waals surface area contributed by atoms with Gasteiger partial charge in [-0.05, 0) is 151 Å². The first-order chi connectivity index (χ1) is 35.2. The summed E-state index contributed by atoms with van der Waals surface area (Å²) < 4.78 is 96.5. The number of aromatic hydroxyl groups is 1. The quantitative estimate of drug-likeness (QED) is 0.0133. The predicted octanol–water partition coefficient (Wildman–Crippen LogP) is 13.1. The monoisotopic (exact) mass is 1210 g/mol. The number of aliphatic hydroxyl groups excluding tert-OH is 1. The molecule has 5 atom stereocenters. The smallest absolute Gasteiger partial charge is 0.339 e. The maximum absolute atomic E-state index is 13.1. The molecular weight excluding hydrogens is 1150 g/mol. The average Bonchev–Trinajstić information content (AvgIpc) is 3.37. The standard InChI is InChI=1S/C30H35ClO8S2.C12H14O4.C10H13ClO2S.ClPS2/c1-5-23(19-21(3)24-9-13-26(14-10-24)40(31,33)34)25-11-15-27(16-12-25)41(35,36)39-28-17-7-22(20-29(28)37-4)8-18-30(32)38-6-2;1-3-16-12(14)7-5-9-4-6-10(13)11(8-9)15-2;1-3-8(2)9-4-6-10(7-5-9)14(11,12)13;1-2(3)4/h7-18,20-21,23,30,32H,5-6,19H2,1-4H3;4-8,13H,3H2,1-2H3;4-8H,3H2,1-2H3;/b18-8+;7-5+;;. The first-order valence-electron chi connectivity index (χ1n) is 23.0. The predicted molar refractivity (Wildman–Crippen MR) is 305 cm³/mol. The van der Waals surface area contributed by atoms with Gasteiger partial charge in [-0.15, -0.1) is 0 Å². The van der Waals surface area contributed by atoms with Gasteiger partial charge in [-0.2, -0.15) is 8.42 Å². The van der Waals surface area contributed by atoms with Crippen molar-refractivity contribution in [3.05, 3.63) is 149 Å². The van der Waals surface area contributed by atoms with E-state index in [0.29, 0.717) is 30.4 Å². The number of halogens is 3. The van der Waals surface area contributed by atoms with Crippen LogP contribution in [0.5, 0.6) is 23.0 Å². The van der Waals surface area contributed by atoms with Gasteiger partial charge in [-0.3, -0.25) is 0 Å². The molecule has 0 aliphatic carbocycles. The number of carbonyl (C=O) groups excluding carboxylic acids is 1. The molecule has 0 saturated carbocycles. The molecule has 0 aliphatic rings. The number of benzene rings is 5. The van der Waals surface area contributed by atoms with Gasteiger partial charge in [-0.1, -0.05) is 82.3 Å². The third-order valence-electron chi connectivity index (χ3n) is 10.9. The Hall–Kier alpha value is -4.24. The number of phenolic OH excluding ortho intramolecular Hbond substituents is 1. The summed E-state index contributed by atoms with van der Waals surface area (Å²) in [5.41, 5.74) is 4.52. The van der Waals surface area contributed by atoms with E-state index in [1.807, 2.05) is 12.1 Å². The number of carbonyl (C=O) groups is 1. The minimum atomic E-state index is -4.14. The number of hydrogen-bond donors (Lipinski definition) is 2. The fraction of sp³-hybridized carbons (Fsp3) is 0.327. The van der Waals surface area contributed by atoms with Crippen LogP contribution in [0.15, 0.2) is 136 Å². The second-order valence-electron chi connectivity index (χ2n) is 16.0. The van der Waals surface area contributed by atoms with Crippen LogP contribution in [0.1, 0.15) is 106 Å². The molecule has 0 saturated heterocycles. The summed E-state index contributed by atoms with van der Waals surface area (Å²) in [6.45, 7) is 12.6. The molecule has 0 aliphatic heterocycles. The van der Waals surface area contributed by atoms with E-state index in [1.165, 1.54) is 62.8 Å². The zero-order valence-corrected chi connectivity index (χ0v) is 49.7. The molecule has 5 aromatic carbocycles. The molecule has 0 aromatic heterocycles. The lowest BCUT2D eigenvalue weighted by Gasteiger charge is -2.21. The molecule has 0 heterocycles. The van der Waals surface area contributed by atoms with Gasteiger partial charge in [-0.25, -0.2) is 21.6 Å². The fourth-order valence-electron chi connectivity index (χ4n) is 6.76. The summed E-state index contributed by atoms with van der Waals surface area (Å²) in [6.07, 6.45) is 7.62. The van der Waals surface area contributed by atoms with E-state index >= 15 is 0 Å². The molecule has 5 rings (SSSR count). The van der Waals surface area contributed by atoms with Crippen LogP contribution < -0.4 is 13.7 Å². The molecule has 5 aromatic rings. The van der Waals surface area contributed by atoms with Crippen LogP contribution in [0.3, 0.4) is 0 Å². The second kappa shape index (κ2) is 33.1. The van der Waals surface area contributed by atoms with Crippen LogP contribution in [0.2, 0.25) is 0 Å². The number of aliphatic hydroxyl groups is 1. The molecule has 75 heavy (non-hydrogen) atoms. The van der Waals surface area contributed by atoms with Crippen LogP contribution in [0.25, 0.3) is 12.2 Å². The Balaban J connectivity index is 0.000000458. The molecule has 0 amide bonds. The van der Waals surface area contributed by atoms with E-state index in [4.69, 9.17) is 55.7 Å². The average molecular weight is 1210 g/mol. The number of phenols is 1. The molecule has 23 heteroatoms. The van der Waals surface area contributed by atoms with Gasteiger partial charge in [0.15, 0.2) is 46.3 Å². The third-order valence-corrected chi connectivity index (χ3v) is 14.9. The number of methoxy groups -OCH3 is 2. The highest BCUT2D eigenvalue weighted by Crippen LogP contribution is 2.35. The van der Waals surface area contributed by atoms with Gasteiger partial charge >= 0.3 is 16.1 Å². The molecule has 0 radical (unpaired) electrons. The van der Waals surface area contributed by atoms with Crippen LogP contribution in [-0.2, 0) is 66.5 Å². The highest BCUT2D eigenvalue weighted by Gasteiger charge is 2.22. The maximum Gasteiger partial charge on any atom is 0.339 e. The van der Waals surface area contributed by atoms with Gasteiger partial charge in [0.25, 0.3) is 18.1 Å². The van der Waals surface area contributed by atoms with Crippen molar-refractivity contribution in [2.24, 2.45) is 0 Å². The van der Waals surface area contributed by atoms with E-state index in [1.54, 1.807) is 86.7 Å². The van der Waals surface area contributed by atoms with Crippen molar-refractivity contribution in [1.82, 2.24) is 0 Å². The minimum Gasteiger partial charge on any atom is -0.504 e. The summed E-state index contributed by atoms with van der Waals surface area (Å²) in [7, 11) is 1.99. The van der Waals surface area contributed by atoms with E-state index in [9.17, 15) is 40.3 Å². The maximum atomic E-state index is 13.1. The zero-order chi connectivity index (χ0) is 56.5. The van der Waals surface area contributed by atoms with Crippen molar-refractivity contribution in [3.63, 3.8) is 0 Å². The van der Waals surface area contributed by atoms with Gasteiger partial charge in [0.05, 0.1) is 30.6 Å². The normalized spacial score (nSPS) is 13.3. The summed E-state index contributed by atoms with van der Waals surface area (Å²) in [5.74, 6) is 1.02. The summed E-state index contributed by atoms with van der Waals surface area (Å²) in [6, 6.07) is 29.4. The summed E-state index contributed by atoms with van der Waals surface area (Å²) in [5, 5.41) is 18.1. The largest absolute Gasteiger partial charge is 0.504 e. The Bertz CT molecular complexity index is 2990. The molecule has 0 fully saturated rings. The topological polar surface area (TPSA) is 206 Å². The first-order valence-corrected chi connectivity index (χ1v) is 33.3. The third kappa shape index (κ3) is 24.3. The molecule has 0 spiro atoms. The number of ether oxygens (including phenoxy) is 4. The van der Waals surface area contributed by atoms with Crippen molar-refractivity contribution < 1.29 is 63.4 Å². The van der Waals surface area contributed by atoms with Gasteiger partial charge in [0.2, 0.25) is 0 Å². The molecule has 5 unspecified atom stereocenters. The lowest BCUT2D eigenvalue weighted by Crippen LogP contribution is -2.11. The van der Waals surface area contributed by atoms with Crippen LogP contribution >= 0.6 is 37.9 Å². The fourth-order valence-corrected chi connectivity index (χ4v) is 9.24. The Morgan fingerprint density at radius 1 is 0.667 bits per heavy atom. The number of hydrogen-bond acceptors (Lipinski definition) is 16. The summed E-state index contributed by atoms with van der Waals surface area (Å²) >= 11 is 13.5. The van der Waals surface area contributed by atoms with E-state index in [2.05, 4.69) is 51.8 Å². The minimum absolute atomic E-state index is 0.00730. The Morgan fingerprint density at radius 2 is 1.13 bits per heavy atom. The number of rotatable bonds is 21. The lowest BCUT2D eigenvalue weighted by molar-refractivity contribution is -0.137. The van der Waals surface area contributed by atoms with Crippen molar-refractivity contribution >= 4 is 108 Å². The van der Waals surface area contributed by atoms with Crippen LogP contribution in [-0.4, -0.2) is 75.2 Å². The molecule has 410 valence electrons. The lowest BCUT2D eigenvalue weighted by atomic mass is 9.85. The molecular formula is C52H62Cl3O14PS5. The van der Waals surface area contributed by atoms with Gasteiger partial charge < -0.3 is 45.6 Å². The van der Waals surface area contributed by atoms with Crippen molar-refractivity contribution in [2.45, 2.75) is 99.5 Å². The summed E-state index contributed by atoms with van der Waals surface area (Å²) in [4.78, 5) is 11.3. The highest BCUT2D eigenvalue weighted by molar-refractivity contribution is 8.55. The molecule has 0 bridgehead atoms. The molecule has 14 nitrogen and oxygen atoms in total. The highest BCUT2D eigenvalue weighted by atomic mass is 35.7. The van der Waals surface area contributed by atoms with E-state index in [0.717, 1.165) is 41.5 Å². The van der Waals surface area contributed by atoms with E-state index < -0.39 is 45.7 Å². The van der Waals surface area contributed by atoms with Crippen LogP contribution in [0.4, 0.5) is 0 Å². The van der Waals surface area contributed by atoms with Gasteiger partial charge in [0.1, 0.15) is 16.1 Å². The zero-order valence-electron chi connectivity index (χ0n) is 42.5. The van der Waals surface area contributed by atoms with Crippen LogP contribution in [0, 0.1) is 0 Å². The van der Waals surface area contributed by atoms with Crippen molar-refractivity contribution in [1.29, 1.82) is 0 Å². The first kappa shape index (κ1) is 66.9. The van der Waals surface area contributed by atoms with Crippen molar-refractivity contribution in [2.75, 3.05) is 27.4 Å².